The molecular formula is C20H24N5O3+. The number of nitrogen functional groups attached to an aromatic ring is 1. The van der Waals surface area contributed by atoms with Crippen molar-refractivity contribution in [3.05, 3.63) is 45.9 Å². The van der Waals surface area contributed by atoms with Crippen molar-refractivity contribution in [2.45, 2.75) is 39.3 Å². The fourth-order valence-corrected chi connectivity index (χ4v) is 3.72. The third kappa shape index (κ3) is 2.99. The number of anilines is 1. The molecule has 1 atom stereocenters. The average Bonchev–Trinajstić information content (AvgIpc) is 3.20. The molecule has 0 spiro atoms. The number of aryl methyl sites for hydroxylation is 2. The van der Waals surface area contributed by atoms with E-state index in [-0.39, 0.29) is 23.1 Å². The molecule has 3 N–H and O–H groups in total. The van der Waals surface area contributed by atoms with Gasteiger partial charge in [0.2, 0.25) is 11.5 Å². The number of hydrogen-bond acceptors (Lipinski definition) is 5. The SMILES string of the molecule is CC[n+]1c(N)c(C(=O)NC[C@H]2CCCO2)cc2c(=O)n3cccc(C)c3nc21. The fourth-order valence-electron chi connectivity index (χ4n) is 3.72. The molecule has 0 bridgehead atoms. The van der Waals surface area contributed by atoms with Gasteiger partial charge in [0.15, 0.2) is 0 Å². The van der Waals surface area contributed by atoms with E-state index < -0.39 is 0 Å². The molecule has 0 radical (unpaired) electrons. The molecule has 1 aliphatic rings. The van der Waals surface area contributed by atoms with Gasteiger partial charge in [-0.1, -0.05) is 11.1 Å². The number of nitrogens with one attached hydrogen (secondary N) is 1. The number of pyridine rings is 2. The molecule has 0 aromatic carbocycles. The Balaban J connectivity index is 1.85. The van der Waals surface area contributed by atoms with E-state index in [4.69, 9.17) is 10.5 Å². The minimum atomic E-state index is -0.314. The van der Waals surface area contributed by atoms with Crippen LogP contribution in [-0.4, -0.2) is 34.5 Å². The molecule has 1 amide bonds. The minimum Gasteiger partial charge on any atom is -0.376 e. The molecule has 0 unspecified atom stereocenters. The van der Waals surface area contributed by atoms with Crippen LogP contribution in [0.25, 0.3) is 16.7 Å². The maximum Gasteiger partial charge on any atom is 0.278 e. The van der Waals surface area contributed by atoms with Crippen LogP contribution in [0.4, 0.5) is 5.82 Å². The van der Waals surface area contributed by atoms with Gasteiger partial charge in [-0.05, 0) is 38.8 Å². The number of hydrogen-bond donors (Lipinski definition) is 2. The molecule has 0 aliphatic carbocycles. The normalized spacial score (nSPS) is 16.7. The molecule has 146 valence electrons. The highest BCUT2D eigenvalue weighted by Crippen LogP contribution is 2.16. The summed E-state index contributed by atoms with van der Waals surface area (Å²) in [5, 5.41) is 3.24. The Morgan fingerprint density at radius 3 is 3.04 bits per heavy atom. The van der Waals surface area contributed by atoms with Gasteiger partial charge in [-0.25, -0.2) is 4.57 Å². The van der Waals surface area contributed by atoms with E-state index in [0.29, 0.717) is 35.6 Å². The van der Waals surface area contributed by atoms with Crippen LogP contribution in [0, 0.1) is 6.92 Å². The second kappa shape index (κ2) is 7.20. The van der Waals surface area contributed by atoms with Crippen molar-refractivity contribution in [1.29, 1.82) is 0 Å². The summed E-state index contributed by atoms with van der Waals surface area (Å²) in [5.41, 5.74) is 8.30. The zero-order valence-corrected chi connectivity index (χ0v) is 16.1. The Kier molecular flexibility index (Phi) is 4.72. The van der Waals surface area contributed by atoms with Crippen molar-refractivity contribution in [3.8, 4) is 0 Å². The highest BCUT2D eigenvalue weighted by atomic mass is 16.5. The molecule has 4 heterocycles. The Morgan fingerprint density at radius 1 is 1.50 bits per heavy atom. The standard InChI is InChI=1S/C20H23N5O3/c1-3-24-16(21)14(19(26)22-11-13-7-5-9-28-13)10-15-18(24)23-17-12(2)6-4-8-25(17)20(15)27/h4,6,8,10,13,21H,3,5,7,9,11H2,1-2H3,(H,22,26)/p+1/t13-/m1/s1. The van der Waals surface area contributed by atoms with Crippen LogP contribution >= 0.6 is 0 Å². The monoisotopic (exact) mass is 382 g/mol. The summed E-state index contributed by atoms with van der Waals surface area (Å²) in [5.74, 6) is -0.0180. The van der Waals surface area contributed by atoms with E-state index in [2.05, 4.69) is 10.3 Å². The lowest BCUT2D eigenvalue weighted by molar-refractivity contribution is -0.655. The first-order chi connectivity index (χ1) is 13.5. The number of rotatable bonds is 4. The lowest BCUT2D eigenvalue weighted by Crippen LogP contribution is -2.42. The van der Waals surface area contributed by atoms with E-state index in [1.165, 1.54) is 4.40 Å². The Morgan fingerprint density at radius 2 is 2.32 bits per heavy atom. The lowest BCUT2D eigenvalue weighted by Gasteiger charge is -2.13. The molecule has 4 rings (SSSR count). The molecule has 1 aliphatic heterocycles. The first-order valence-electron chi connectivity index (χ1n) is 9.55. The molecule has 1 fully saturated rings. The summed E-state index contributed by atoms with van der Waals surface area (Å²) >= 11 is 0. The summed E-state index contributed by atoms with van der Waals surface area (Å²) in [6.07, 6.45) is 3.65. The molecule has 8 heteroatoms. The van der Waals surface area contributed by atoms with Crippen LogP contribution in [0.15, 0.2) is 29.2 Å². The van der Waals surface area contributed by atoms with Gasteiger partial charge in [0.25, 0.3) is 17.1 Å². The van der Waals surface area contributed by atoms with Crippen molar-refractivity contribution in [3.63, 3.8) is 0 Å². The maximum atomic E-state index is 13.1. The van der Waals surface area contributed by atoms with Gasteiger partial charge < -0.3 is 15.8 Å². The van der Waals surface area contributed by atoms with Crippen LogP contribution in [-0.2, 0) is 11.3 Å². The third-order valence-corrected chi connectivity index (χ3v) is 5.25. The molecule has 3 aromatic heterocycles. The van der Waals surface area contributed by atoms with Crippen molar-refractivity contribution in [1.82, 2.24) is 14.7 Å². The number of nitrogens with zero attached hydrogens (tertiary/aromatic N) is 3. The molecule has 8 nitrogen and oxygen atoms in total. The van der Waals surface area contributed by atoms with Gasteiger partial charge in [0.05, 0.1) is 12.6 Å². The van der Waals surface area contributed by atoms with Gasteiger partial charge in [-0.15, -0.1) is 0 Å². The summed E-state index contributed by atoms with van der Waals surface area (Å²) in [6.45, 7) is 5.45. The zero-order chi connectivity index (χ0) is 19.8. The molecule has 28 heavy (non-hydrogen) atoms. The van der Waals surface area contributed by atoms with E-state index in [1.807, 2.05) is 19.9 Å². The quantitative estimate of drug-likeness (QED) is 0.517. The van der Waals surface area contributed by atoms with Crippen LogP contribution in [0.3, 0.4) is 0 Å². The summed E-state index contributed by atoms with van der Waals surface area (Å²) in [4.78, 5) is 30.5. The maximum absolute atomic E-state index is 13.1. The largest absolute Gasteiger partial charge is 0.376 e. The van der Waals surface area contributed by atoms with Crippen LogP contribution in [0.1, 0.15) is 35.7 Å². The van der Waals surface area contributed by atoms with Crippen LogP contribution < -0.4 is 21.2 Å². The first kappa shape index (κ1) is 18.4. The van der Waals surface area contributed by atoms with Crippen molar-refractivity contribution in [2.24, 2.45) is 0 Å². The van der Waals surface area contributed by atoms with Crippen molar-refractivity contribution < 1.29 is 14.1 Å². The number of fused-ring (bicyclic) bond motifs is 2. The Bertz CT molecular complexity index is 1130. The van der Waals surface area contributed by atoms with Crippen molar-refractivity contribution in [2.75, 3.05) is 18.9 Å². The van der Waals surface area contributed by atoms with E-state index >= 15 is 0 Å². The average molecular weight is 382 g/mol. The van der Waals surface area contributed by atoms with Gasteiger partial charge in [-0.2, -0.15) is 0 Å². The zero-order valence-electron chi connectivity index (χ0n) is 16.1. The summed E-state index contributed by atoms with van der Waals surface area (Å²) in [7, 11) is 0. The van der Waals surface area contributed by atoms with Gasteiger partial charge in [0.1, 0.15) is 10.9 Å². The molecular weight excluding hydrogens is 358 g/mol. The van der Waals surface area contributed by atoms with E-state index in [1.54, 1.807) is 22.9 Å². The van der Waals surface area contributed by atoms with E-state index in [0.717, 1.165) is 25.0 Å². The highest BCUT2D eigenvalue weighted by molar-refractivity contribution is 6.00. The predicted molar refractivity (Wildman–Crippen MR) is 105 cm³/mol. The fraction of sp³-hybridized carbons (Fsp3) is 0.400. The van der Waals surface area contributed by atoms with Crippen LogP contribution in [0.5, 0.6) is 0 Å². The molecule has 3 aromatic rings. The lowest BCUT2D eigenvalue weighted by atomic mass is 10.1. The van der Waals surface area contributed by atoms with Gasteiger partial charge in [0, 0.05) is 24.9 Å². The number of carbonyl (C=O) groups excluding carboxylic acids is 1. The highest BCUT2D eigenvalue weighted by Gasteiger charge is 2.25. The summed E-state index contributed by atoms with van der Waals surface area (Å²) in [6, 6.07) is 5.25. The second-order valence-corrected chi connectivity index (χ2v) is 7.07. The first-order valence-corrected chi connectivity index (χ1v) is 9.55. The number of carbonyl (C=O) groups is 1. The number of aromatic nitrogens is 3. The van der Waals surface area contributed by atoms with E-state index in [9.17, 15) is 9.59 Å². The van der Waals surface area contributed by atoms with Gasteiger partial charge in [-0.3, -0.25) is 14.0 Å². The summed E-state index contributed by atoms with van der Waals surface area (Å²) < 4.78 is 8.76. The second-order valence-electron chi connectivity index (χ2n) is 7.07. The van der Waals surface area contributed by atoms with Crippen molar-refractivity contribution >= 4 is 28.4 Å². The number of ether oxygens (including phenoxy) is 1. The molecule has 1 saturated heterocycles. The van der Waals surface area contributed by atoms with Gasteiger partial charge >= 0.3 is 0 Å². The number of nitrogens with two attached hydrogens (primary N) is 1. The minimum absolute atomic E-state index is 0.0307. The smallest absolute Gasteiger partial charge is 0.278 e. The number of amides is 1. The third-order valence-electron chi connectivity index (χ3n) is 5.25. The Hall–Kier alpha value is -3.00. The molecule has 0 saturated carbocycles. The topological polar surface area (TPSA) is 103 Å². The van der Waals surface area contributed by atoms with Crippen LogP contribution in [0.2, 0.25) is 0 Å². The predicted octanol–water partition coefficient (Wildman–Crippen LogP) is 0.955. The Labute approximate surface area is 161 Å².